The Bertz CT molecular complexity index is 309. The van der Waals surface area contributed by atoms with Crippen LogP contribution in [0.3, 0.4) is 0 Å². The number of hydrogen-bond acceptors (Lipinski definition) is 5. The number of carbonyl (C=O) groups excluding carboxylic acids is 1. The monoisotopic (exact) mass is 304 g/mol. The van der Waals surface area contributed by atoms with Crippen LogP contribution in [0, 0.1) is 5.92 Å². The van der Waals surface area contributed by atoms with Gasteiger partial charge in [0.15, 0.2) is 0 Å². The summed E-state index contributed by atoms with van der Waals surface area (Å²) in [6.07, 6.45) is 3.08. The van der Waals surface area contributed by atoms with Crippen molar-refractivity contribution in [2.45, 2.75) is 30.1 Å². The highest BCUT2D eigenvalue weighted by atomic mass is 32.2. The maximum absolute atomic E-state index is 12.6. The average Bonchev–Trinajstić information content (AvgIpc) is 2.87. The largest absolute Gasteiger partial charge is 0.374 e. The molecule has 2 nitrogen and oxygen atoms in total. The van der Waals surface area contributed by atoms with Gasteiger partial charge in [0.2, 0.25) is 0 Å². The Balaban J connectivity index is 1.62. The van der Waals surface area contributed by atoms with Gasteiger partial charge in [0, 0.05) is 35.5 Å². The van der Waals surface area contributed by atoms with Crippen molar-refractivity contribution in [3.8, 4) is 0 Å². The molecule has 0 saturated carbocycles. The molecule has 0 radical (unpaired) electrons. The zero-order valence-corrected chi connectivity index (χ0v) is 13.0. The molecule has 1 spiro atoms. The van der Waals surface area contributed by atoms with E-state index in [2.05, 4.69) is 0 Å². The maximum atomic E-state index is 12.6. The summed E-state index contributed by atoms with van der Waals surface area (Å²) in [5, 5.41) is 0.262. The molecule has 0 aromatic rings. The third-order valence-corrected chi connectivity index (χ3v) is 8.09. The summed E-state index contributed by atoms with van der Waals surface area (Å²) in [7, 11) is 0. The van der Waals surface area contributed by atoms with Crippen LogP contribution in [-0.4, -0.2) is 52.0 Å². The van der Waals surface area contributed by atoms with Gasteiger partial charge in [-0.1, -0.05) is 0 Å². The Hall–Kier alpha value is 0.680. The number of rotatable bonds is 2. The molecule has 3 heterocycles. The molecule has 0 aromatic heterocycles. The Kier molecular flexibility index (Phi) is 4.54. The van der Waals surface area contributed by atoms with Crippen LogP contribution in [0.4, 0.5) is 0 Å². The lowest BCUT2D eigenvalue weighted by Crippen LogP contribution is -2.44. The summed E-state index contributed by atoms with van der Waals surface area (Å²) in [6.45, 7) is 0.793. The predicted molar refractivity (Wildman–Crippen MR) is 81.9 cm³/mol. The Labute approximate surface area is 122 Å². The minimum absolute atomic E-state index is 0.0513. The summed E-state index contributed by atoms with van der Waals surface area (Å²) in [5.41, 5.74) is 0.0513. The second-order valence-electron chi connectivity index (χ2n) is 5.36. The molecule has 3 unspecified atom stereocenters. The maximum Gasteiger partial charge on any atom is 0.149 e. The van der Waals surface area contributed by atoms with Gasteiger partial charge in [0.1, 0.15) is 5.78 Å². The van der Waals surface area contributed by atoms with Crippen molar-refractivity contribution in [2.24, 2.45) is 5.92 Å². The zero-order valence-electron chi connectivity index (χ0n) is 10.6. The van der Waals surface area contributed by atoms with E-state index in [1.165, 1.54) is 11.5 Å². The van der Waals surface area contributed by atoms with E-state index in [1.54, 1.807) is 0 Å². The molecule has 3 fully saturated rings. The van der Waals surface area contributed by atoms with Crippen molar-refractivity contribution in [2.75, 3.05) is 35.4 Å². The number of hydrogen-bond donors (Lipinski definition) is 0. The fraction of sp³-hybridized carbons (Fsp3) is 0.923. The van der Waals surface area contributed by atoms with Crippen LogP contribution in [0.15, 0.2) is 0 Å². The van der Waals surface area contributed by atoms with Crippen LogP contribution in [0.1, 0.15) is 19.3 Å². The van der Waals surface area contributed by atoms with Crippen LogP contribution >= 0.6 is 35.3 Å². The number of ketones is 1. The molecule has 3 atom stereocenters. The first kappa shape index (κ1) is 13.7. The van der Waals surface area contributed by atoms with Crippen molar-refractivity contribution >= 4 is 41.1 Å². The van der Waals surface area contributed by atoms with Gasteiger partial charge >= 0.3 is 0 Å². The minimum Gasteiger partial charge on any atom is -0.374 e. The van der Waals surface area contributed by atoms with E-state index in [0.29, 0.717) is 5.78 Å². The third-order valence-electron chi connectivity index (χ3n) is 4.10. The van der Waals surface area contributed by atoms with Crippen molar-refractivity contribution in [1.29, 1.82) is 0 Å². The average molecular weight is 305 g/mol. The van der Waals surface area contributed by atoms with Gasteiger partial charge in [-0.05, 0) is 25.0 Å². The van der Waals surface area contributed by atoms with Crippen LogP contribution in [0.25, 0.3) is 0 Å². The quantitative estimate of drug-likeness (QED) is 0.781. The molecule has 0 N–H and O–H groups in total. The summed E-state index contributed by atoms with van der Waals surface area (Å²) in [6, 6.07) is 0. The van der Waals surface area contributed by atoms with E-state index in [4.69, 9.17) is 4.74 Å². The predicted octanol–water partition coefficient (Wildman–Crippen LogP) is 2.71. The number of carbonyl (C=O) groups is 1. The third kappa shape index (κ3) is 2.89. The summed E-state index contributed by atoms with van der Waals surface area (Å²) < 4.78 is 6.01. The van der Waals surface area contributed by atoms with Gasteiger partial charge in [-0.25, -0.2) is 0 Å². The van der Waals surface area contributed by atoms with Gasteiger partial charge < -0.3 is 4.74 Å². The fourth-order valence-electron chi connectivity index (χ4n) is 3.05. The molecule has 0 bridgehead atoms. The van der Waals surface area contributed by atoms with Gasteiger partial charge in [0.25, 0.3) is 0 Å². The van der Waals surface area contributed by atoms with Gasteiger partial charge in [-0.15, -0.1) is 11.8 Å². The highest BCUT2D eigenvalue weighted by Crippen LogP contribution is 2.42. The fourth-order valence-corrected chi connectivity index (χ4v) is 7.14. The molecule has 3 saturated heterocycles. The van der Waals surface area contributed by atoms with Crippen LogP contribution in [0.5, 0.6) is 0 Å². The Morgan fingerprint density at radius 1 is 1.22 bits per heavy atom. The molecule has 18 heavy (non-hydrogen) atoms. The van der Waals surface area contributed by atoms with Crippen LogP contribution in [0.2, 0.25) is 0 Å². The molecule has 3 aliphatic rings. The molecule has 0 aliphatic carbocycles. The first-order valence-corrected chi connectivity index (χ1v) is 10.1. The van der Waals surface area contributed by atoms with Crippen LogP contribution in [-0.2, 0) is 9.53 Å². The van der Waals surface area contributed by atoms with Crippen molar-refractivity contribution in [3.63, 3.8) is 0 Å². The van der Waals surface area contributed by atoms with E-state index in [-0.39, 0.29) is 16.8 Å². The lowest BCUT2D eigenvalue weighted by molar-refractivity contribution is -0.133. The first-order valence-electron chi connectivity index (χ1n) is 6.74. The SMILES string of the molecule is O=C(C1CCOC2(CCSC2)C1)C1CSCCS1. The van der Waals surface area contributed by atoms with E-state index in [0.717, 1.165) is 43.1 Å². The normalized spacial score (nSPS) is 41.1. The van der Waals surface area contributed by atoms with Crippen molar-refractivity contribution < 1.29 is 9.53 Å². The van der Waals surface area contributed by atoms with Crippen molar-refractivity contribution in [3.05, 3.63) is 0 Å². The standard InChI is InChI=1S/C13H20O2S3/c14-12(11-8-16-5-6-18-11)10-1-3-15-13(7-10)2-4-17-9-13/h10-11H,1-9H2. The summed E-state index contributed by atoms with van der Waals surface area (Å²) in [4.78, 5) is 12.6. The second kappa shape index (κ2) is 5.98. The van der Waals surface area contributed by atoms with E-state index < -0.39 is 0 Å². The van der Waals surface area contributed by atoms with Crippen LogP contribution < -0.4 is 0 Å². The molecule has 5 heteroatoms. The number of ether oxygens (including phenoxy) is 1. The smallest absolute Gasteiger partial charge is 0.149 e. The zero-order chi connectivity index (χ0) is 12.4. The molecule has 3 rings (SSSR count). The lowest BCUT2D eigenvalue weighted by Gasteiger charge is -2.38. The number of Topliss-reactive ketones (excluding diaryl/α,β-unsaturated/α-hetero) is 1. The van der Waals surface area contributed by atoms with E-state index >= 15 is 0 Å². The Morgan fingerprint density at radius 3 is 2.89 bits per heavy atom. The highest BCUT2D eigenvalue weighted by molar-refractivity contribution is 8.07. The molecular formula is C13H20O2S3. The molecule has 0 aromatic carbocycles. The topological polar surface area (TPSA) is 26.3 Å². The van der Waals surface area contributed by atoms with Crippen molar-refractivity contribution in [1.82, 2.24) is 0 Å². The van der Waals surface area contributed by atoms with Gasteiger partial charge in [-0.2, -0.15) is 23.5 Å². The highest BCUT2D eigenvalue weighted by Gasteiger charge is 2.43. The summed E-state index contributed by atoms with van der Waals surface area (Å²) >= 11 is 5.80. The lowest BCUT2D eigenvalue weighted by atomic mass is 9.82. The van der Waals surface area contributed by atoms with E-state index in [1.807, 2.05) is 35.3 Å². The Morgan fingerprint density at radius 2 is 2.17 bits per heavy atom. The van der Waals surface area contributed by atoms with E-state index in [9.17, 15) is 4.79 Å². The molecular weight excluding hydrogens is 284 g/mol. The summed E-state index contributed by atoms with van der Waals surface area (Å²) in [5.74, 6) is 6.48. The molecule has 0 amide bonds. The van der Waals surface area contributed by atoms with Gasteiger partial charge in [-0.3, -0.25) is 4.79 Å². The molecule has 3 aliphatic heterocycles. The minimum atomic E-state index is 0.0513. The number of thioether (sulfide) groups is 3. The second-order valence-corrected chi connectivity index (χ2v) is 8.93. The molecule has 102 valence electrons. The van der Waals surface area contributed by atoms with Gasteiger partial charge in [0.05, 0.1) is 10.9 Å². The first-order chi connectivity index (χ1) is 8.79.